The first-order valence-electron chi connectivity index (χ1n) is 7.40. The first-order chi connectivity index (χ1) is 10.6. The number of methoxy groups -OCH3 is 1. The number of hydrogen-bond acceptors (Lipinski definition) is 4. The zero-order valence-electron chi connectivity index (χ0n) is 12.9. The number of rotatable bonds is 4. The highest BCUT2D eigenvalue weighted by atomic mass is 35.5. The number of benzene rings is 2. The Balaban J connectivity index is 0.00000192. The summed E-state index contributed by atoms with van der Waals surface area (Å²) in [6, 6.07) is 10.7. The van der Waals surface area contributed by atoms with Crippen LogP contribution in [0.2, 0.25) is 0 Å². The summed E-state index contributed by atoms with van der Waals surface area (Å²) in [5.41, 5.74) is 0. The molecule has 0 radical (unpaired) electrons. The van der Waals surface area contributed by atoms with Crippen molar-refractivity contribution in [2.75, 3.05) is 20.2 Å². The second kappa shape index (κ2) is 7.49. The Morgan fingerprint density at radius 1 is 1.17 bits per heavy atom. The van der Waals surface area contributed by atoms with Gasteiger partial charge in [0, 0.05) is 23.4 Å². The molecule has 23 heavy (non-hydrogen) atoms. The Bertz CT molecular complexity index is 774. The molecule has 1 unspecified atom stereocenters. The van der Waals surface area contributed by atoms with E-state index in [-0.39, 0.29) is 18.4 Å². The normalized spacial score (nSPS) is 18.4. The average Bonchev–Trinajstić information content (AvgIpc) is 2.54. The smallest absolute Gasteiger partial charge is 0.241 e. The average molecular weight is 357 g/mol. The molecular formula is C16H21ClN2O3S. The highest BCUT2D eigenvalue weighted by Gasteiger charge is 2.24. The van der Waals surface area contributed by atoms with Crippen LogP contribution in [0.5, 0.6) is 5.75 Å². The van der Waals surface area contributed by atoms with Crippen molar-refractivity contribution in [2.45, 2.75) is 23.8 Å². The van der Waals surface area contributed by atoms with Crippen LogP contribution >= 0.6 is 12.4 Å². The number of ether oxygens (including phenoxy) is 1. The largest absolute Gasteiger partial charge is 0.496 e. The molecule has 0 spiro atoms. The van der Waals surface area contributed by atoms with Crippen LogP contribution in [-0.2, 0) is 10.0 Å². The first kappa shape index (κ1) is 18.0. The van der Waals surface area contributed by atoms with Crippen molar-refractivity contribution in [3.63, 3.8) is 0 Å². The summed E-state index contributed by atoms with van der Waals surface area (Å²) in [6.45, 7) is 1.62. The van der Waals surface area contributed by atoms with E-state index in [9.17, 15) is 8.42 Å². The van der Waals surface area contributed by atoms with Crippen molar-refractivity contribution in [3.05, 3.63) is 36.4 Å². The van der Waals surface area contributed by atoms with E-state index in [0.29, 0.717) is 22.6 Å². The van der Waals surface area contributed by atoms with E-state index in [1.165, 1.54) is 0 Å². The quantitative estimate of drug-likeness (QED) is 0.882. The molecule has 0 amide bonds. The van der Waals surface area contributed by atoms with Gasteiger partial charge in [0.1, 0.15) is 5.75 Å². The molecule has 126 valence electrons. The third kappa shape index (κ3) is 3.77. The van der Waals surface area contributed by atoms with Crippen LogP contribution in [0.15, 0.2) is 41.3 Å². The second-order valence-electron chi connectivity index (χ2n) is 5.48. The summed E-state index contributed by atoms with van der Waals surface area (Å²) in [4.78, 5) is 0.300. The van der Waals surface area contributed by atoms with Crippen molar-refractivity contribution in [1.82, 2.24) is 10.0 Å². The molecule has 1 heterocycles. The first-order valence-corrected chi connectivity index (χ1v) is 8.89. The summed E-state index contributed by atoms with van der Waals surface area (Å²) in [5, 5.41) is 4.70. The minimum atomic E-state index is -3.56. The minimum Gasteiger partial charge on any atom is -0.496 e. The van der Waals surface area contributed by atoms with Crippen LogP contribution in [0.3, 0.4) is 0 Å². The van der Waals surface area contributed by atoms with E-state index in [4.69, 9.17) is 4.74 Å². The molecule has 1 fully saturated rings. The highest BCUT2D eigenvalue weighted by Crippen LogP contribution is 2.30. The van der Waals surface area contributed by atoms with Crippen LogP contribution in [-0.4, -0.2) is 34.7 Å². The lowest BCUT2D eigenvalue weighted by molar-refractivity contribution is 0.419. The van der Waals surface area contributed by atoms with Gasteiger partial charge in [-0.3, -0.25) is 0 Å². The predicted octanol–water partition coefficient (Wildman–Crippen LogP) is 2.30. The van der Waals surface area contributed by atoms with E-state index in [2.05, 4.69) is 10.0 Å². The third-order valence-corrected chi connectivity index (χ3v) is 5.55. The molecule has 1 saturated heterocycles. The molecule has 0 saturated carbocycles. The predicted molar refractivity (Wildman–Crippen MR) is 94.0 cm³/mol. The van der Waals surface area contributed by atoms with Gasteiger partial charge < -0.3 is 10.1 Å². The number of nitrogens with one attached hydrogen (secondary N) is 2. The molecule has 0 aliphatic carbocycles. The van der Waals surface area contributed by atoms with Gasteiger partial charge >= 0.3 is 0 Å². The minimum absolute atomic E-state index is 0. The summed E-state index contributed by atoms with van der Waals surface area (Å²) < 4.78 is 33.6. The summed E-state index contributed by atoms with van der Waals surface area (Å²) in [5.74, 6) is 0.675. The Morgan fingerprint density at radius 3 is 2.57 bits per heavy atom. The van der Waals surface area contributed by atoms with Gasteiger partial charge in [0.15, 0.2) is 0 Å². The molecule has 0 bridgehead atoms. The van der Waals surface area contributed by atoms with Gasteiger partial charge in [-0.15, -0.1) is 12.4 Å². The van der Waals surface area contributed by atoms with E-state index in [1.54, 1.807) is 19.2 Å². The Hall–Kier alpha value is -1.34. The SMILES string of the molecule is COc1ccc(S(=O)(=O)NC2CCCNC2)c2ccccc12.Cl. The zero-order valence-corrected chi connectivity index (χ0v) is 14.5. The van der Waals surface area contributed by atoms with Crippen LogP contribution < -0.4 is 14.8 Å². The maximum absolute atomic E-state index is 12.7. The van der Waals surface area contributed by atoms with Crippen molar-refractivity contribution in [3.8, 4) is 5.75 Å². The molecule has 2 aromatic rings. The van der Waals surface area contributed by atoms with Gasteiger partial charge in [-0.1, -0.05) is 24.3 Å². The van der Waals surface area contributed by atoms with Gasteiger partial charge in [0.05, 0.1) is 12.0 Å². The molecular weight excluding hydrogens is 336 g/mol. The second-order valence-corrected chi connectivity index (χ2v) is 7.16. The van der Waals surface area contributed by atoms with Crippen molar-refractivity contribution >= 4 is 33.2 Å². The third-order valence-electron chi connectivity index (χ3n) is 3.97. The van der Waals surface area contributed by atoms with E-state index in [1.807, 2.05) is 24.3 Å². The molecule has 5 nitrogen and oxygen atoms in total. The molecule has 1 aliphatic heterocycles. The number of fused-ring (bicyclic) bond motifs is 1. The number of piperidine rings is 1. The molecule has 7 heteroatoms. The lowest BCUT2D eigenvalue weighted by Gasteiger charge is -2.24. The van der Waals surface area contributed by atoms with Crippen molar-refractivity contribution in [2.24, 2.45) is 0 Å². The van der Waals surface area contributed by atoms with Gasteiger partial charge in [0.2, 0.25) is 10.0 Å². The lowest BCUT2D eigenvalue weighted by atomic mass is 10.1. The summed E-state index contributed by atoms with van der Waals surface area (Å²) in [6.07, 6.45) is 1.84. The zero-order chi connectivity index (χ0) is 15.6. The maximum atomic E-state index is 12.7. The van der Waals surface area contributed by atoms with Crippen molar-refractivity contribution in [1.29, 1.82) is 0 Å². The van der Waals surface area contributed by atoms with Gasteiger partial charge in [-0.2, -0.15) is 0 Å². The molecule has 3 rings (SSSR count). The molecule has 0 aromatic heterocycles. The maximum Gasteiger partial charge on any atom is 0.241 e. The molecule has 2 aromatic carbocycles. The van der Waals surface area contributed by atoms with Crippen LogP contribution in [0, 0.1) is 0 Å². The van der Waals surface area contributed by atoms with Gasteiger partial charge in [-0.05, 0) is 31.5 Å². The Morgan fingerprint density at radius 2 is 1.91 bits per heavy atom. The van der Waals surface area contributed by atoms with E-state index >= 15 is 0 Å². The monoisotopic (exact) mass is 356 g/mol. The number of hydrogen-bond donors (Lipinski definition) is 2. The van der Waals surface area contributed by atoms with E-state index < -0.39 is 10.0 Å². The van der Waals surface area contributed by atoms with Crippen molar-refractivity contribution < 1.29 is 13.2 Å². The standard InChI is InChI=1S/C16H20N2O3S.ClH/c1-21-15-8-9-16(14-7-3-2-6-13(14)15)22(19,20)18-12-5-4-10-17-11-12;/h2-3,6-9,12,17-18H,4-5,10-11H2,1H3;1H. The lowest BCUT2D eigenvalue weighted by Crippen LogP contribution is -2.45. The van der Waals surface area contributed by atoms with Crippen LogP contribution in [0.25, 0.3) is 10.8 Å². The van der Waals surface area contributed by atoms with Crippen LogP contribution in [0.4, 0.5) is 0 Å². The van der Waals surface area contributed by atoms with Crippen LogP contribution in [0.1, 0.15) is 12.8 Å². The molecule has 2 N–H and O–H groups in total. The molecule has 1 atom stereocenters. The summed E-state index contributed by atoms with van der Waals surface area (Å²) in [7, 11) is -1.97. The summed E-state index contributed by atoms with van der Waals surface area (Å²) >= 11 is 0. The fraction of sp³-hybridized carbons (Fsp3) is 0.375. The fourth-order valence-corrected chi connectivity index (χ4v) is 4.37. The highest BCUT2D eigenvalue weighted by molar-refractivity contribution is 7.89. The van der Waals surface area contributed by atoms with E-state index in [0.717, 1.165) is 24.8 Å². The van der Waals surface area contributed by atoms with Gasteiger partial charge in [0.25, 0.3) is 0 Å². The molecule has 1 aliphatic rings. The van der Waals surface area contributed by atoms with Gasteiger partial charge in [-0.25, -0.2) is 13.1 Å². The topological polar surface area (TPSA) is 67.4 Å². The Labute approximate surface area is 142 Å². The number of halogens is 1. The Kier molecular flexibility index (Phi) is 5.86. The fourth-order valence-electron chi connectivity index (χ4n) is 2.89. The number of sulfonamides is 1.